The summed E-state index contributed by atoms with van der Waals surface area (Å²) < 4.78 is 13.3. The van der Waals surface area contributed by atoms with E-state index in [2.05, 4.69) is 158 Å². The molecule has 10 rings (SSSR count). The molecule has 2 heterocycles. The van der Waals surface area contributed by atoms with Gasteiger partial charge in [0.05, 0.1) is 0 Å². The predicted octanol–water partition coefficient (Wildman–Crippen LogP) is 9.34. The number of anilines is 3. The van der Waals surface area contributed by atoms with Gasteiger partial charge < -0.3 is 14.4 Å². The van der Waals surface area contributed by atoms with E-state index in [1.54, 1.807) is 0 Å². The van der Waals surface area contributed by atoms with Crippen LogP contribution in [0.2, 0.25) is 0 Å². The van der Waals surface area contributed by atoms with Crippen LogP contribution in [0.1, 0.15) is 25.0 Å². The van der Waals surface area contributed by atoms with Crippen LogP contribution in [-0.2, 0) is 5.41 Å². The van der Waals surface area contributed by atoms with Crippen molar-refractivity contribution in [3.63, 3.8) is 0 Å². The van der Waals surface area contributed by atoms with E-state index in [9.17, 15) is 0 Å². The zero-order valence-electron chi connectivity index (χ0n) is 26.2. The molecule has 0 atom stereocenters. The van der Waals surface area contributed by atoms with Gasteiger partial charge in [-0.3, -0.25) is 0 Å². The fourth-order valence-electron chi connectivity index (χ4n) is 8.16. The first-order valence-electron chi connectivity index (χ1n) is 16.3. The first kappa shape index (κ1) is 26.5. The van der Waals surface area contributed by atoms with Gasteiger partial charge in [0.25, 0.3) is 6.71 Å². The molecule has 0 bridgehead atoms. The molecule has 47 heavy (non-hydrogen) atoms. The Balaban J connectivity index is 1.17. The lowest BCUT2D eigenvalue weighted by Crippen LogP contribution is -2.57. The van der Waals surface area contributed by atoms with Gasteiger partial charge >= 0.3 is 0 Å². The molecule has 1 aliphatic carbocycles. The molecular weight excluding hydrogens is 573 g/mol. The normalized spacial score (nSPS) is 14.2. The van der Waals surface area contributed by atoms with Crippen molar-refractivity contribution < 1.29 is 9.47 Å². The monoisotopic (exact) mass is 603 g/mol. The maximum Gasteiger partial charge on any atom is 0.261 e. The minimum absolute atomic E-state index is 0.00295. The number of hydrogen-bond acceptors (Lipinski definition) is 3. The Bertz CT molecular complexity index is 2360. The second kappa shape index (κ2) is 9.64. The molecule has 4 heteroatoms. The van der Waals surface area contributed by atoms with E-state index >= 15 is 0 Å². The van der Waals surface area contributed by atoms with Gasteiger partial charge in [-0.25, -0.2) is 0 Å². The Morgan fingerprint density at radius 3 is 1.87 bits per heavy atom. The average Bonchev–Trinajstić information content (AvgIpc) is 3.33. The minimum Gasteiger partial charge on any atom is -0.458 e. The van der Waals surface area contributed by atoms with E-state index in [1.807, 2.05) is 6.07 Å². The summed E-state index contributed by atoms with van der Waals surface area (Å²) in [4.78, 5) is 2.34. The summed E-state index contributed by atoms with van der Waals surface area (Å²) in [6, 6.07) is 52.0. The number of benzene rings is 7. The lowest BCUT2D eigenvalue weighted by atomic mass is 9.34. The van der Waals surface area contributed by atoms with E-state index in [0.717, 1.165) is 45.5 Å². The fraction of sp³-hybridized carbons (Fsp3) is 0.0698. The van der Waals surface area contributed by atoms with Crippen LogP contribution in [0.25, 0.3) is 21.9 Å². The Morgan fingerprint density at radius 2 is 1.13 bits per heavy atom. The third-order valence-electron chi connectivity index (χ3n) is 10.4. The summed E-state index contributed by atoms with van der Waals surface area (Å²) in [6.07, 6.45) is 0. The van der Waals surface area contributed by atoms with Gasteiger partial charge in [-0.05, 0) is 105 Å². The first-order chi connectivity index (χ1) is 23.1. The average molecular weight is 604 g/mol. The van der Waals surface area contributed by atoms with Gasteiger partial charge in [-0.2, -0.15) is 0 Å². The van der Waals surface area contributed by atoms with Crippen LogP contribution in [0.4, 0.5) is 17.1 Å². The van der Waals surface area contributed by atoms with E-state index in [4.69, 9.17) is 9.47 Å². The molecule has 0 radical (unpaired) electrons. The van der Waals surface area contributed by atoms with Crippen molar-refractivity contribution in [2.24, 2.45) is 0 Å². The molecule has 0 unspecified atom stereocenters. The maximum atomic E-state index is 6.76. The second-order valence-electron chi connectivity index (χ2n) is 13.3. The van der Waals surface area contributed by atoms with Crippen LogP contribution >= 0.6 is 0 Å². The molecule has 0 saturated heterocycles. The lowest BCUT2D eigenvalue weighted by Gasteiger charge is -2.34. The fourth-order valence-corrected chi connectivity index (χ4v) is 8.16. The maximum absolute atomic E-state index is 6.76. The number of hydrogen-bond donors (Lipinski definition) is 0. The van der Waals surface area contributed by atoms with Gasteiger partial charge in [0.1, 0.15) is 23.0 Å². The molecule has 0 amide bonds. The third kappa shape index (κ3) is 3.76. The molecule has 7 aromatic carbocycles. The largest absolute Gasteiger partial charge is 0.458 e. The molecule has 222 valence electrons. The van der Waals surface area contributed by atoms with Gasteiger partial charge in [0.2, 0.25) is 0 Å². The molecule has 0 spiro atoms. The van der Waals surface area contributed by atoms with E-state index in [0.29, 0.717) is 0 Å². The van der Waals surface area contributed by atoms with Crippen molar-refractivity contribution in [2.75, 3.05) is 4.90 Å². The number of fused-ring (bicyclic) bond motifs is 9. The molecule has 3 aliphatic rings. The summed E-state index contributed by atoms with van der Waals surface area (Å²) in [5, 5.41) is 2.43. The van der Waals surface area contributed by atoms with Crippen LogP contribution < -0.4 is 30.8 Å². The van der Waals surface area contributed by atoms with Crippen LogP contribution in [0, 0.1) is 0 Å². The van der Waals surface area contributed by atoms with Gasteiger partial charge in [0.15, 0.2) is 0 Å². The molecule has 0 fully saturated rings. The van der Waals surface area contributed by atoms with Crippen molar-refractivity contribution >= 4 is 50.9 Å². The molecule has 0 N–H and O–H groups in total. The topological polar surface area (TPSA) is 21.7 Å². The van der Waals surface area contributed by atoms with Crippen molar-refractivity contribution in [2.45, 2.75) is 19.3 Å². The summed E-state index contributed by atoms with van der Waals surface area (Å²) in [7, 11) is 0. The molecule has 0 aromatic heterocycles. The number of nitrogens with zero attached hydrogens (tertiary/aromatic N) is 1. The van der Waals surface area contributed by atoms with Gasteiger partial charge in [0, 0.05) is 27.9 Å². The van der Waals surface area contributed by atoms with E-state index in [1.165, 1.54) is 44.0 Å². The third-order valence-corrected chi connectivity index (χ3v) is 10.4. The van der Waals surface area contributed by atoms with E-state index < -0.39 is 0 Å². The minimum atomic E-state index is -0.222. The van der Waals surface area contributed by atoms with Crippen LogP contribution in [0.15, 0.2) is 146 Å². The highest BCUT2D eigenvalue weighted by Gasteiger charge is 2.44. The lowest BCUT2D eigenvalue weighted by molar-refractivity contribution is 0.464. The first-order valence-corrected chi connectivity index (χ1v) is 16.3. The Morgan fingerprint density at radius 1 is 0.489 bits per heavy atom. The smallest absolute Gasteiger partial charge is 0.261 e. The summed E-state index contributed by atoms with van der Waals surface area (Å²) in [5.41, 5.74) is 11.9. The summed E-state index contributed by atoms with van der Waals surface area (Å²) >= 11 is 0. The van der Waals surface area contributed by atoms with Crippen LogP contribution in [0.3, 0.4) is 0 Å². The quantitative estimate of drug-likeness (QED) is 0.188. The van der Waals surface area contributed by atoms with Crippen LogP contribution in [0.5, 0.6) is 23.0 Å². The summed E-state index contributed by atoms with van der Waals surface area (Å²) in [6.45, 7) is 4.69. The molecular formula is C43H30BNO2. The van der Waals surface area contributed by atoms with Crippen molar-refractivity contribution in [3.8, 4) is 34.1 Å². The van der Waals surface area contributed by atoms with Gasteiger partial charge in [-0.15, -0.1) is 0 Å². The Hall–Kier alpha value is -5.74. The SMILES string of the molecule is CC1(C)c2cc(N(c3ccccc3)c3ccccc3)ccc2-c2cc3c(cc21)Oc1cccc2c1B3c1c(ccc3ccccc13)O2. The second-order valence-corrected chi connectivity index (χ2v) is 13.3. The molecule has 7 aromatic rings. The molecule has 0 saturated carbocycles. The standard InChI is InChI=1S/C43H30BNO2/c1-43(2)34-24-30(45(28-13-5-3-6-14-28)29-15-7-4-8-16-29)21-22-32(34)33-25-36-40(26-35(33)43)47-38-19-11-18-37-42(38)44(36)41-31-17-10-9-12-27(31)20-23-39(41)46-37/h3-26H,1-2H3. The highest BCUT2D eigenvalue weighted by atomic mass is 16.5. The number of para-hydroxylation sites is 2. The zero-order chi connectivity index (χ0) is 31.3. The van der Waals surface area contributed by atoms with Crippen LogP contribution in [-0.4, -0.2) is 6.71 Å². The highest BCUT2D eigenvalue weighted by Crippen LogP contribution is 2.52. The predicted molar refractivity (Wildman–Crippen MR) is 194 cm³/mol. The number of rotatable bonds is 3. The Labute approximate surface area is 274 Å². The Kier molecular flexibility index (Phi) is 5.43. The van der Waals surface area contributed by atoms with Crippen molar-refractivity contribution in [1.82, 2.24) is 0 Å². The van der Waals surface area contributed by atoms with Gasteiger partial charge in [-0.1, -0.05) is 98.8 Å². The van der Waals surface area contributed by atoms with Crippen molar-refractivity contribution in [3.05, 3.63) is 157 Å². The van der Waals surface area contributed by atoms with Crippen molar-refractivity contribution in [1.29, 1.82) is 0 Å². The molecule has 2 aliphatic heterocycles. The van der Waals surface area contributed by atoms with E-state index in [-0.39, 0.29) is 12.1 Å². The summed E-state index contributed by atoms with van der Waals surface area (Å²) in [5.74, 6) is 3.58. The highest BCUT2D eigenvalue weighted by molar-refractivity contribution is 6.99. The number of ether oxygens (including phenoxy) is 2. The zero-order valence-corrected chi connectivity index (χ0v) is 26.2. The molecule has 3 nitrogen and oxygen atoms in total.